The summed E-state index contributed by atoms with van der Waals surface area (Å²) in [7, 11) is 0. The Labute approximate surface area is 124 Å². The maximum atomic E-state index is 11.7. The van der Waals surface area contributed by atoms with Crippen LogP contribution in [0.4, 0.5) is 5.69 Å². The van der Waals surface area contributed by atoms with Crippen molar-refractivity contribution >= 4 is 17.1 Å². The van der Waals surface area contributed by atoms with Gasteiger partial charge in [0.2, 0.25) is 0 Å². The topological polar surface area (TPSA) is 113 Å². The van der Waals surface area contributed by atoms with Gasteiger partial charge in [0.1, 0.15) is 0 Å². The minimum Gasteiger partial charge on any atom is -0.304 e. The first-order valence-electron chi connectivity index (χ1n) is 6.56. The molecule has 8 nitrogen and oxygen atoms in total. The van der Waals surface area contributed by atoms with Gasteiger partial charge in [-0.25, -0.2) is 4.79 Å². The first kappa shape index (κ1) is 13.8. The highest BCUT2D eigenvalue weighted by Gasteiger charge is 2.14. The number of hydrogen-bond donors (Lipinski definition) is 3. The summed E-state index contributed by atoms with van der Waals surface area (Å²) in [6, 6.07) is 6.09. The summed E-state index contributed by atoms with van der Waals surface area (Å²) >= 11 is 0. The number of aryl methyl sites for hydroxylation is 1. The van der Waals surface area contributed by atoms with E-state index < -0.39 is 10.6 Å². The van der Waals surface area contributed by atoms with Gasteiger partial charge in [-0.3, -0.25) is 15.5 Å². The number of rotatable bonds is 2. The van der Waals surface area contributed by atoms with Gasteiger partial charge in [-0.1, -0.05) is 0 Å². The lowest BCUT2D eigenvalue weighted by Gasteiger charge is -2.19. The molecule has 2 aromatic rings. The number of hydrogen-bond acceptors (Lipinski definition) is 6. The van der Waals surface area contributed by atoms with Crippen molar-refractivity contribution in [2.75, 3.05) is 0 Å². The van der Waals surface area contributed by atoms with E-state index in [4.69, 9.17) is 0 Å². The second-order valence-corrected chi connectivity index (χ2v) is 4.93. The SMILES string of the molecule is CC1=c2c(C)nc(=O)[nH]c2=C(c2ccc([N+](=O)[O-])cc2)NN1. The molecule has 1 aliphatic rings. The first-order chi connectivity index (χ1) is 10.5. The molecule has 0 radical (unpaired) electrons. The van der Waals surface area contributed by atoms with Crippen molar-refractivity contribution in [3.63, 3.8) is 0 Å². The number of benzene rings is 1. The molecule has 0 saturated carbocycles. The van der Waals surface area contributed by atoms with Crippen LogP contribution in [0.3, 0.4) is 0 Å². The van der Waals surface area contributed by atoms with Crippen molar-refractivity contribution in [1.82, 2.24) is 20.8 Å². The molecule has 0 aliphatic carbocycles. The quantitative estimate of drug-likeness (QED) is 0.503. The van der Waals surface area contributed by atoms with E-state index in [1.165, 1.54) is 12.1 Å². The van der Waals surface area contributed by atoms with Gasteiger partial charge in [-0.15, -0.1) is 0 Å². The molecule has 2 heterocycles. The molecular weight excluding hydrogens is 286 g/mol. The predicted molar refractivity (Wildman–Crippen MR) is 79.8 cm³/mol. The molecule has 0 spiro atoms. The van der Waals surface area contributed by atoms with E-state index in [1.54, 1.807) is 19.1 Å². The minimum absolute atomic E-state index is 0.00971. The third-order valence-electron chi connectivity index (χ3n) is 3.48. The molecule has 0 saturated heterocycles. The average molecular weight is 299 g/mol. The smallest absolute Gasteiger partial charge is 0.304 e. The molecule has 0 atom stereocenters. The summed E-state index contributed by atoms with van der Waals surface area (Å²) in [5, 5.41) is 12.2. The van der Waals surface area contributed by atoms with Crippen LogP contribution >= 0.6 is 0 Å². The fourth-order valence-corrected chi connectivity index (χ4v) is 2.48. The van der Waals surface area contributed by atoms with Crippen molar-refractivity contribution in [2.45, 2.75) is 13.8 Å². The number of aromatic amines is 1. The zero-order valence-electron chi connectivity index (χ0n) is 11.9. The lowest BCUT2D eigenvalue weighted by Crippen LogP contribution is -2.51. The van der Waals surface area contributed by atoms with Crippen LogP contribution in [0.5, 0.6) is 0 Å². The average Bonchev–Trinajstić information content (AvgIpc) is 2.47. The summed E-state index contributed by atoms with van der Waals surface area (Å²) in [6.07, 6.45) is 0. The third kappa shape index (κ3) is 2.20. The van der Waals surface area contributed by atoms with Crippen molar-refractivity contribution in [3.05, 3.63) is 66.7 Å². The number of nitrogens with one attached hydrogen (secondary N) is 3. The number of aromatic nitrogens is 2. The van der Waals surface area contributed by atoms with E-state index in [-0.39, 0.29) is 5.69 Å². The van der Waals surface area contributed by atoms with Gasteiger partial charge in [0.05, 0.1) is 21.7 Å². The number of nitrogens with zero attached hydrogens (tertiary/aromatic N) is 2. The zero-order valence-corrected chi connectivity index (χ0v) is 11.9. The van der Waals surface area contributed by atoms with Gasteiger partial charge >= 0.3 is 5.69 Å². The van der Waals surface area contributed by atoms with Gasteiger partial charge in [-0.05, 0) is 26.0 Å². The molecule has 3 rings (SSSR count). The van der Waals surface area contributed by atoms with E-state index in [9.17, 15) is 14.9 Å². The highest BCUT2D eigenvalue weighted by Crippen LogP contribution is 2.15. The van der Waals surface area contributed by atoms with Crippen LogP contribution in [0.25, 0.3) is 11.4 Å². The number of nitro groups is 1. The van der Waals surface area contributed by atoms with Crippen molar-refractivity contribution in [2.24, 2.45) is 0 Å². The second kappa shape index (κ2) is 4.99. The van der Waals surface area contributed by atoms with Crippen molar-refractivity contribution in [3.8, 4) is 0 Å². The molecule has 1 aromatic carbocycles. The summed E-state index contributed by atoms with van der Waals surface area (Å²) in [5.74, 6) is 0. The first-order valence-corrected chi connectivity index (χ1v) is 6.56. The molecule has 0 bridgehead atoms. The second-order valence-electron chi connectivity index (χ2n) is 4.93. The fourth-order valence-electron chi connectivity index (χ4n) is 2.48. The van der Waals surface area contributed by atoms with Crippen LogP contribution in [0.15, 0.2) is 29.1 Å². The molecule has 1 aliphatic heterocycles. The number of H-pyrrole nitrogens is 1. The van der Waals surface area contributed by atoms with Gasteiger partial charge in [0.15, 0.2) is 0 Å². The maximum absolute atomic E-state index is 11.7. The number of hydrazine groups is 1. The van der Waals surface area contributed by atoms with Crippen molar-refractivity contribution in [1.29, 1.82) is 0 Å². The van der Waals surface area contributed by atoms with E-state index in [1.807, 2.05) is 6.92 Å². The zero-order chi connectivity index (χ0) is 15.9. The Hall–Kier alpha value is -3.16. The molecule has 0 amide bonds. The summed E-state index contributed by atoms with van der Waals surface area (Å²) in [5.41, 5.74) is 8.40. The third-order valence-corrected chi connectivity index (χ3v) is 3.48. The molecule has 22 heavy (non-hydrogen) atoms. The summed E-state index contributed by atoms with van der Waals surface area (Å²) in [4.78, 5) is 28.6. The molecule has 3 N–H and O–H groups in total. The number of non-ortho nitro benzene ring substituents is 1. The Morgan fingerprint density at radius 2 is 1.82 bits per heavy atom. The van der Waals surface area contributed by atoms with E-state index in [2.05, 4.69) is 20.8 Å². The fraction of sp³-hybridized carbons (Fsp3) is 0.143. The lowest BCUT2D eigenvalue weighted by atomic mass is 10.1. The standard InChI is InChI=1S/C14H13N5O3/c1-7-11-8(2)17-18-12(13(11)16-14(20)15-7)9-3-5-10(6-4-9)19(21)22/h3-6,17-18H,1-2H3,(H,16,20). The van der Waals surface area contributed by atoms with E-state index >= 15 is 0 Å². The maximum Gasteiger partial charge on any atom is 0.345 e. The molecular formula is C14H13N5O3. The Balaban J connectivity index is 2.32. The molecule has 8 heteroatoms. The Morgan fingerprint density at radius 1 is 1.14 bits per heavy atom. The highest BCUT2D eigenvalue weighted by molar-refractivity contribution is 5.67. The van der Waals surface area contributed by atoms with E-state index in [0.717, 1.165) is 10.9 Å². The van der Waals surface area contributed by atoms with Crippen LogP contribution in [0.2, 0.25) is 0 Å². The van der Waals surface area contributed by atoms with Crippen LogP contribution in [0, 0.1) is 17.0 Å². The van der Waals surface area contributed by atoms with Gasteiger partial charge in [0.25, 0.3) is 5.69 Å². The van der Waals surface area contributed by atoms with Crippen molar-refractivity contribution < 1.29 is 4.92 Å². The van der Waals surface area contributed by atoms with Gasteiger partial charge < -0.3 is 10.4 Å². The monoisotopic (exact) mass is 299 g/mol. The molecule has 0 unspecified atom stereocenters. The Morgan fingerprint density at radius 3 is 2.45 bits per heavy atom. The molecule has 0 fully saturated rings. The van der Waals surface area contributed by atoms with Crippen LogP contribution in [-0.2, 0) is 0 Å². The number of nitro benzene ring substituents is 1. The Kier molecular flexibility index (Phi) is 3.13. The molecule has 1 aromatic heterocycles. The highest BCUT2D eigenvalue weighted by atomic mass is 16.6. The largest absolute Gasteiger partial charge is 0.345 e. The predicted octanol–water partition coefficient (Wildman–Crippen LogP) is -0.621. The summed E-state index contributed by atoms with van der Waals surface area (Å²) < 4.78 is 0. The minimum atomic E-state index is -0.456. The van der Waals surface area contributed by atoms with E-state index in [0.29, 0.717) is 22.3 Å². The Bertz CT molecular complexity index is 944. The lowest BCUT2D eigenvalue weighted by molar-refractivity contribution is -0.384. The molecule has 112 valence electrons. The van der Waals surface area contributed by atoms with Crippen LogP contribution in [-0.4, -0.2) is 14.9 Å². The van der Waals surface area contributed by atoms with Crippen LogP contribution in [0.1, 0.15) is 18.2 Å². The number of fused-ring (bicyclic) bond motifs is 1. The van der Waals surface area contributed by atoms with Gasteiger partial charge in [0, 0.05) is 28.6 Å². The van der Waals surface area contributed by atoms with Crippen LogP contribution < -0.4 is 27.1 Å². The normalized spacial score (nSPS) is 13.2. The van der Waals surface area contributed by atoms with Gasteiger partial charge in [-0.2, -0.15) is 4.98 Å². The summed E-state index contributed by atoms with van der Waals surface area (Å²) in [6.45, 7) is 3.63.